The van der Waals surface area contributed by atoms with Gasteiger partial charge in [-0.2, -0.15) is 0 Å². The third kappa shape index (κ3) is 2.97. The first-order chi connectivity index (χ1) is 3.80. The molecular formula is C6H9ClFeN2. The predicted octanol–water partition coefficient (Wildman–Crippen LogP) is 1.27. The number of hydrogen-bond donors (Lipinski definition) is 2. The molecule has 0 bridgehead atoms. The average Bonchev–Trinajstić information content (AvgIpc) is 1.77. The number of nitrogens with two attached hydrogens (primary N) is 2. The molecule has 0 radical (unpaired) electrons. The normalized spacial score (nSPS) is 7.20. The molecule has 0 fully saturated rings. The third-order valence-electron chi connectivity index (χ3n) is 0.996. The minimum Gasteiger partial charge on any atom is -0.397 e. The number of rotatable bonds is 0. The Morgan fingerprint density at radius 1 is 0.900 bits per heavy atom. The number of para-hydroxylation sites is 2. The summed E-state index contributed by atoms with van der Waals surface area (Å²) >= 11 is 0. The number of hydrogen-bond acceptors (Lipinski definition) is 2. The largest absolute Gasteiger partial charge is 0.397 e. The molecule has 1 rings (SSSR count). The van der Waals surface area contributed by atoms with Gasteiger partial charge < -0.3 is 11.5 Å². The van der Waals surface area contributed by atoms with E-state index in [-0.39, 0.29) is 29.5 Å². The van der Waals surface area contributed by atoms with Gasteiger partial charge in [-0.05, 0) is 12.1 Å². The second kappa shape index (κ2) is 5.42. The van der Waals surface area contributed by atoms with Crippen molar-refractivity contribution in [2.45, 2.75) is 0 Å². The Labute approximate surface area is 76.9 Å². The van der Waals surface area contributed by atoms with Crippen LogP contribution < -0.4 is 11.5 Å². The fourth-order valence-electron chi connectivity index (χ4n) is 0.511. The van der Waals surface area contributed by atoms with Gasteiger partial charge in [-0.15, -0.1) is 12.4 Å². The molecule has 4 heteroatoms. The Morgan fingerprint density at radius 2 is 1.20 bits per heavy atom. The average molecular weight is 200 g/mol. The van der Waals surface area contributed by atoms with E-state index in [0.717, 1.165) is 0 Å². The van der Waals surface area contributed by atoms with Crippen LogP contribution in [0.25, 0.3) is 0 Å². The van der Waals surface area contributed by atoms with Crippen LogP contribution in [0.2, 0.25) is 0 Å². The Morgan fingerprint density at radius 3 is 1.40 bits per heavy atom. The minimum absolute atomic E-state index is 0. The number of benzene rings is 1. The van der Waals surface area contributed by atoms with E-state index < -0.39 is 0 Å². The molecule has 0 aliphatic carbocycles. The van der Waals surface area contributed by atoms with E-state index in [0.29, 0.717) is 11.4 Å². The summed E-state index contributed by atoms with van der Waals surface area (Å²) in [5, 5.41) is 0. The van der Waals surface area contributed by atoms with Crippen LogP contribution in [-0.4, -0.2) is 0 Å². The zero-order valence-corrected chi connectivity index (χ0v) is 7.15. The van der Waals surface area contributed by atoms with Crippen LogP contribution in [0.1, 0.15) is 0 Å². The standard InChI is InChI=1S/C6H8N2.ClH.Fe/c7-5-3-1-2-4-6(5)8;;/h1-4H,7-8H2;1H;. The molecule has 4 N–H and O–H groups in total. The molecule has 0 aliphatic heterocycles. The van der Waals surface area contributed by atoms with Gasteiger partial charge in [-0.1, -0.05) is 12.1 Å². The molecule has 0 aromatic heterocycles. The van der Waals surface area contributed by atoms with Crippen molar-refractivity contribution >= 4 is 23.8 Å². The van der Waals surface area contributed by atoms with E-state index in [1.165, 1.54) is 0 Å². The molecule has 0 spiro atoms. The molecule has 0 unspecified atom stereocenters. The van der Waals surface area contributed by atoms with Crippen LogP contribution in [0.3, 0.4) is 0 Å². The monoisotopic (exact) mass is 200 g/mol. The smallest absolute Gasteiger partial charge is 0.0547 e. The summed E-state index contributed by atoms with van der Waals surface area (Å²) in [6.45, 7) is 0. The summed E-state index contributed by atoms with van der Waals surface area (Å²) in [5.74, 6) is 0. The Balaban J connectivity index is 0. The maximum atomic E-state index is 5.39. The van der Waals surface area contributed by atoms with Gasteiger partial charge in [-0.25, -0.2) is 0 Å². The second-order valence-electron chi connectivity index (χ2n) is 1.63. The maximum absolute atomic E-state index is 5.39. The quantitative estimate of drug-likeness (QED) is 0.489. The van der Waals surface area contributed by atoms with E-state index in [1.807, 2.05) is 12.1 Å². The van der Waals surface area contributed by atoms with Crippen LogP contribution in [-0.2, 0) is 17.1 Å². The molecule has 58 valence electrons. The van der Waals surface area contributed by atoms with Gasteiger partial charge in [0.05, 0.1) is 11.4 Å². The molecule has 0 amide bonds. The molecule has 0 saturated heterocycles. The Hall–Kier alpha value is -0.371. The van der Waals surface area contributed by atoms with Crippen molar-refractivity contribution < 1.29 is 17.1 Å². The van der Waals surface area contributed by atoms with E-state index in [1.54, 1.807) is 12.1 Å². The molecule has 0 heterocycles. The van der Waals surface area contributed by atoms with E-state index >= 15 is 0 Å². The van der Waals surface area contributed by atoms with Crippen LogP contribution >= 0.6 is 12.4 Å². The van der Waals surface area contributed by atoms with Crippen LogP contribution in [0.15, 0.2) is 24.3 Å². The van der Waals surface area contributed by atoms with E-state index in [9.17, 15) is 0 Å². The number of anilines is 2. The molecule has 0 aliphatic rings. The predicted molar refractivity (Wildman–Crippen MR) is 42.5 cm³/mol. The van der Waals surface area contributed by atoms with Crippen molar-refractivity contribution in [1.29, 1.82) is 0 Å². The van der Waals surface area contributed by atoms with Crippen molar-refractivity contribution in [3.8, 4) is 0 Å². The molecule has 1 aromatic rings. The van der Waals surface area contributed by atoms with E-state index in [4.69, 9.17) is 11.5 Å². The summed E-state index contributed by atoms with van der Waals surface area (Å²) in [4.78, 5) is 0. The molecule has 2 nitrogen and oxygen atoms in total. The molecular weight excluding hydrogens is 191 g/mol. The summed E-state index contributed by atoms with van der Waals surface area (Å²) in [6.07, 6.45) is 0. The molecule has 0 saturated carbocycles. The topological polar surface area (TPSA) is 52.0 Å². The van der Waals surface area contributed by atoms with Gasteiger partial charge in [0.2, 0.25) is 0 Å². The maximum Gasteiger partial charge on any atom is 0.0547 e. The summed E-state index contributed by atoms with van der Waals surface area (Å²) in [7, 11) is 0. The molecule has 0 atom stereocenters. The van der Waals surface area contributed by atoms with E-state index in [2.05, 4.69) is 0 Å². The van der Waals surface area contributed by atoms with Gasteiger partial charge in [0.15, 0.2) is 0 Å². The van der Waals surface area contributed by atoms with Gasteiger partial charge in [0.25, 0.3) is 0 Å². The zero-order chi connectivity index (χ0) is 5.98. The fourth-order valence-corrected chi connectivity index (χ4v) is 0.511. The van der Waals surface area contributed by atoms with Gasteiger partial charge in [-0.3, -0.25) is 0 Å². The van der Waals surface area contributed by atoms with Crippen molar-refractivity contribution in [3.63, 3.8) is 0 Å². The van der Waals surface area contributed by atoms with Crippen molar-refractivity contribution in [3.05, 3.63) is 24.3 Å². The molecule has 10 heavy (non-hydrogen) atoms. The summed E-state index contributed by atoms with van der Waals surface area (Å²) in [6, 6.07) is 7.25. The third-order valence-corrected chi connectivity index (χ3v) is 0.996. The Bertz CT molecular complexity index is 172. The number of nitrogen functional groups attached to an aromatic ring is 2. The fraction of sp³-hybridized carbons (Fsp3) is 0. The Kier molecular flexibility index (Phi) is 6.67. The summed E-state index contributed by atoms with van der Waals surface area (Å²) < 4.78 is 0. The van der Waals surface area contributed by atoms with Gasteiger partial charge in [0.1, 0.15) is 0 Å². The second-order valence-corrected chi connectivity index (χ2v) is 1.63. The van der Waals surface area contributed by atoms with Crippen LogP contribution in [0, 0.1) is 0 Å². The first-order valence-electron chi connectivity index (χ1n) is 2.40. The first-order valence-corrected chi connectivity index (χ1v) is 2.40. The number of halogens is 1. The van der Waals surface area contributed by atoms with Crippen molar-refractivity contribution in [2.24, 2.45) is 0 Å². The minimum atomic E-state index is 0. The zero-order valence-electron chi connectivity index (χ0n) is 5.23. The van der Waals surface area contributed by atoms with Gasteiger partial charge >= 0.3 is 0 Å². The van der Waals surface area contributed by atoms with Crippen molar-refractivity contribution in [1.82, 2.24) is 0 Å². The SMILES string of the molecule is Cl.Nc1ccccc1N.[Fe]. The summed E-state index contributed by atoms with van der Waals surface area (Å²) in [5.41, 5.74) is 12.1. The molecule has 1 aromatic carbocycles. The van der Waals surface area contributed by atoms with Crippen LogP contribution in [0.5, 0.6) is 0 Å². The van der Waals surface area contributed by atoms with Crippen LogP contribution in [0.4, 0.5) is 11.4 Å². The van der Waals surface area contributed by atoms with Gasteiger partial charge in [0, 0.05) is 17.1 Å². The van der Waals surface area contributed by atoms with Crippen molar-refractivity contribution in [2.75, 3.05) is 11.5 Å². The first kappa shape index (κ1) is 12.3.